The van der Waals surface area contributed by atoms with Gasteiger partial charge in [0.25, 0.3) is 5.56 Å². The predicted octanol–water partition coefficient (Wildman–Crippen LogP) is 2.29. The highest BCUT2D eigenvalue weighted by Crippen LogP contribution is 2.33. The molecule has 1 unspecified atom stereocenters. The van der Waals surface area contributed by atoms with E-state index in [0.29, 0.717) is 11.6 Å². The minimum Gasteiger partial charge on any atom is -0.319 e. The molecule has 2 N–H and O–H groups in total. The Kier molecular flexibility index (Phi) is 2.61. The lowest BCUT2D eigenvalue weighted by Gasteiger charge is -2.11. The Bertz CT molecular complexity index is 569. The molecule has 1 atom stereocenters. The Morgan fingerprint density at radius 2 is 2.18 bits per heavy atom. The zero-order chi connectivity index (χ0) is 11.8. The van der Waals surface area contributed by atoms with Crippen LogP contribution in [0.1, 0.15) is 35.4 Å². The zero-order valence-corrected chi connectivity index (χ0v) is 10.2. The molecule has 3 nitrogen and oxygen atoms in total. The van der Waals surface area contributed by atoms with E-state index in [1.165, 1.54) is 0 Å². The zero-order valence-electron chi connectivity index (χ0n) is 9.37. The van der Waals surface area contributed by atoms with Crippen LogP contribution < -0.4 is 11.3 Å². The molecule has 0 amide bonds. The highest BCUT2D eigenvalue weighted by Gasteiger charge is 2.26. The third kappa shape index (κ3) is 1.94. The molecule has 0 spiro atoms. The van der Waals surface area contributed by atoms with Crippen molar-refractivity contribution in [1.82, 2.24) is 4.57 Å². The maximum absolute atomic E-state index is 12.3. The lowest BCUT2D eigenvalue weighted by atomic mass is 10.1. The summed E-state index contributed by atoms with van der Waals surface area (Å²) in [5.74, 6) is 0. The minimum atomic E-state index is -0.298. The van der Waals surface area contributed by atoms with E-state index in [-0.39, 0.29) is 11.6 Å². The first kappa shape index (κ1) is 10.7. The van der Waals surface area contributed by atoms with Crippen LogP contribution in [0.2, 0.25) is 0 Å². The first-order valence-electron chi connectivity index (χ1n) is 5.77. The molecule has 2 aromatic heterocycles. The summed E-state index contributed by atoms with van der Waals surface area (Å²) in [7, 11) is 0. The first-order chi connectivity index (χ1) is 8.27. The van der Waals surface area contributed by atoms with Gasteiger partial charge < -0.3 is 10.3 Å². The summed E-state index contributed by atoms with van der Waals surface area (Å²) < 4.78 is 1.82. The van der Waals surface area contributed by atoms with Gasteiger partial charge in [0, 0.05) is 22.7 Å². The van der Waals surface area contributed by atoms with Crippen LogP contribution >= 0.6 is 11.3 Å². The summed E-state index contributed by atoms with van der Waals surface area (Å²) in [4.78, 5) is 13.3. The Morgan fingerprint density at radius 3 is 2.82 bits per heavy atom. The molecule has 1 aliphatic carbocycles. The molecule has 2 aromatic rings. The normalized spacial score (nSPS) is 17.0. The Balaban J connectivity index is 2.03. The molecule has 0 saturated heterocycles. The van der Waals surface area contributed by atoms with Crippen molar-refractivity contribution < 1.29 is 0 Å². The molecule has 17 heavy (non-hydrogen) atoms. The van der Waals surface area contributed by atoms with Gasteiger partial charge in [-0.1, -0.05) is 12.1 Å². The number of hydrogen-bond acceptors (Lipinski definition) is 3. The van der Waals surface area contributed by atoms with E-state index >= 15 is 0 Å². The Labute approximate surface area is 104 Å². The highest BCUT2D eigenvalue weighted by molar-refractivity contribution is 7.10. The van der Waals surface area contributed by atoms with Crippen LogP contribution in [-0.4, -0.2) is 4.57 Å². The number of nitrogens with zero attached hydrogens (tertiary/aromatic N) is 1. The monoisotopic (exact) mass is 246 g/mol. The minimum absolute atomic E-state index is 0.0656. The standard InChI is InChI=1S/C13H14N2OS/c14-12(11-4-2-8-17-11)10-3-1-7-15(13(10)16)9-5-6-9/h1-4,7-9,12H,5-6,14H2. The van der Waals surface area contributed by atoms with Gasteiger partial charge in [-0.25, -0.2) is 0 Å². The van der Waals surface area contributed by atoms with Gasteiger partial charge in [0.05, 0.1) is 6.04 Å². The average Bonchev–Trinajstić information content (AvgIpc) is 3.03. The molecule has 2 heterocycles. The van der Waals surface area contributed by atoms with Crippen molar-refractivity contribution in [3.63, 3.8) is 0 Å². The van der Waals surface area contributed by atoms with Crippen LogP contribution in [0.4, 0.5) is 0 Å². The van der Waals surface area contributed by atoms with Gasteiger partial charge in [0.1, 0.15) is 0 Å². The maximum atomic E-state index is 12.3. The Hall–Kier alpha value is -1.39. The van der Waals surface area contributed by atoms with Gasteiger partial charge in [-0.05, 0) is 30.4 Å². The second kappa shape index (κ2) is 4.13. The maximum Gasteiger partial charge on any atom is 0.255 e. The van der Waals surface area contributed by atoms with Crippen molar-refractivity contribution >= 4 is 11.3 Å². The largest absolute Gasteiger partial charge is 0.319 e. The van der Waals surface area contributed by atoms with Crippen LogP contribution in [0.5, 0.6) is 0 Å². The number of rotatable bonds is 3. The molecule has 3 rings (SSSR count). The average molecular weight is 246 g/mol. The molecule has 0 bridgehead atoms. The smallest absolute Gasteiger partial charge is 0.255 e. The molecule has 1 fully saturated rings. The van der Waals surface area contributed by atoms with E-state index in [4.69, 9.17) is 5.73 Å². The molecular weight excluding hydrogens is 232 g/mol. The highest BCUT2D eigenvalue weighted by atomic mass is 32.1. The van der Waals surface area contributed by atoms with E-state index < -0.39 is 0 Å². The summed E-state index contributed by atoms with van der Waals surface area (Å²) in [6, 6.07) is 7.80. The second-order valence-corrected chi connectivity index (χ2v) is 5.38. The van der Waals surface area contributed by atoms with Crippen LogP contribution in [0, 0.1) is 0 Å². The summed E-state index contributed by atoms with van der Waals surface area (Å²) in [5, 5.41) is 1.98. The van der Waals surface area contributed by atoms with E-state index in [0.717, 1.165) is 17.7 Å². The number of pyridine rings is 1. The molecule has 0 radical (unpaired) electrons. The fourth-order valence-corrected chi connectivity index (χ4v) is 2.77. The van der Waals surface area contributed by atoms with Crippen molar-refractivity contribution in [2.75, 3.05) is 0 Å². The van der Waals surface area contributed by atoms with Gasteiger partial charge in [0.15, 0.2) is 0 Å². The van der Waals surface area contributed by atoms with Crippen LogP contribution in [0.25, 0.3) is 0 Å². The van der Waals surface area contributed by atoms with Gasteiger partial charge >= 0.3 is 0 Å². The van der Waals surface area contributed by atoms with Gasteiger partial charge in [-0.3, -0.25) is 4.79 Å². The molecule has 1 saturated carbocycles. The second-order valence-electron chi connectivity index (χ2n) is 4.40. The lowest BCUT2D eigenvalue weighted by molar-refractivity contribution is 0.686. The van der Waals surface area contributed by atoms with Crippen molar-refractivity contribution in [2.45, 2.75) is 24.9 Å². The van der Waals surface area contributed by atoms with E-state index in [9.17, 15) is 4.79 Å². The topological polar surface area (TPSA) is 48.0 Å². The fraction of sp³-hybridized carbons (Fsp3) is 0.308. The van der Waals surface area contributed by atoms with Crippen LogP contribution in [0.3, 0.4) is 0 Å². The van der Waals surface area contributed by atoms with Crippen molar-refractivity contribution in [2.24, 2.45) is 5.73 Å². The van der Waals surface area contributed by atoms with Gasteiger partial charge in [-0.15, -0.1) is 11.3 Å². The van der Waals surface area contributed by atoms with E-state index in [1.54, 1.807) is 11.3 Å². The van der Waals surface area contributed by atoms with Crippen molar-refractivity contribution in [3.05, 3.63) is 56.6 Å². The number of thiophene rings is 1. The van der Waals surface area contributed by atoms with E-state index in [1.807, 2.05) is 40.4 Å². The molecule has 88 valence electrons. The number of aromatic nitrogens is 1. The number of hydrogen-bond donors (Lipinski definition) is 1. The fourth-order valence-electron chi connectivity index (χ4n) is 2.03. The summed E-state index contributed by atoms with van der Waals surface area (Å²) in [6.07, 6.45) is 4.08. The molecule has 1 aliphatic rings. The predicted molar refractivity (Wildman–Crippen MR) is 69.3 cm³/mol. The summed E-state index contributed by atoms with van der Waals surface area (Å²) in [5.41, 5.74) is 6.91. The molecule has 4 heteroatoms. The number of nitrogens with two attached hydrogens (primary N) is 1. The first-order valence-corrected chi connectivity index (χ1v) is 6.65. The third-order valence-electron chi connectivity index (χ3n) is 3.13. The Morgan fingerprint density at radius 1 is 1.35 bits per heavy atom. The SMILES string of the molecule is NC(c1cccs1)c1cccn(C2CC2)c1=O. The van der Waals surface area contributed by atoms with Crippen molar-refractivity contribution in [3.8, 4) is 0 Å². The van der Waals surface area contributed by atoms with Gasteiger partial charge in [0.2, 0.25) is 0 Å². The van der Waals surface area contributed by atoms with Crippen LogP contribution in [0.15, 0.2) is 40.6 Å². The lowest BCUT2D eigenvalue weighted by Crippen LogP contribution is -2.27. The molecular formula is C13H14N2OS. The van der Waals surface area contributed by atoms with Gasteiger partial charge in [-0.2, -0.15) is 0 Å². The molecule has 0 aromatic carbocycles. The summed E-state index contributed by atoms with van der Waals surface area (Å²) >= 11 is 1.59. The molecule has 0 aliphatic heterocycles. The van der Waals surface area contributed by atoms with E-state index in [2.05, 4.69) is 0 Å². The van der Waals surface area contributed by atoms with Crippen LogP contribution in [-0.2, 0) is 0 Å². The quantitative estimate of drug-likeness (QED) is 0.903. The summed E-state index contributed by atoms with van der Waals surface area (Å²) in [6.45, 7) is 0. The third-order valence-corrected chi connectivity index (χ3v) is 4.08. The van der Waals surface area contributed by atoms with Crippen molar-refractivity contribution in [1.29, 1.82) is 0 Å².